The number of hydrogen-bond donors (Lipinski definition) is 1. The van der Waals surface area contributed by atoms with E-state index in [2.05, 4.69) is 27.3 Å². The maximum atomic E-state index is 5.04. The van der Waals surface area contributed by atoms with Gasteiger partial charge in [0, 0.05) is 38.1 Å². The minimum Gasteiger partial charge on any atom is -0.340 e. The fraction of sp³-hybridized carbons (Fsp3) is 0.833. The quantitative estimate of drug-likeness (QED) is 0.833. The fourth-order valence-electron chi connectivity index (χ4n) is 2.62. The Morgan fingerprint density at radius 3 is 3.12 bits per heavy atom. The fourth-order valence-corrected chi connectivity index (χ4v) is 2.62. The molecule has 94 valence electrons. The third kappa shape index (κ3) is 2.66. The molecule has 17 heavy (non-hydrogen) atoms. The Morgan fingerprint density at radius 1 is 1.53 bits per heavy atom. The zero-order chi connectivity index (χ0) is 11.7. The maximum absolute atomic E-state index is 5.04. The van der Waals surface area contributed by atoms with E-state index < -0.39 is 0 Å². The maximum Gasteiger partial charge on any atom is 0.227 e. The highest BCUT2D eigenvalue weighted by Crippen LogP contribution is 2.34. The van der Waals surface area contributed by atoms with E-state index in [-0.39, 0.29) is 0 Å². The first kappa shape index (κ1) is 11.2. The van der Waals surface area contributed by atoms with E-state index in [1.54, 1.807) is 0 Å². The van der Waals surface area contributed by atoms with Crippen molar-refractivity contribution in [1.29, 1.82) is 0 Å². The van der Waals surface area contributed by atoms with Crippen molar-refractivity contribution in [2.45, 2.75) is 38.3 Å². The predicted molar refractivity (Wildman–Crippen MR) is 63.6 cm³/mol. The molecule has 2 aliphatic rings. The zero-order valence-corrected chi connectivity index (χ0v) is 10.3. The first-order valence-electron chi connectivity index (χ1n) is 6.56. The van der Waals surface area contributed by atoms with E-state index in [1.165, 1.54) is 25.7 Å². The third-order valence-corrected chi connectivity index (χ3v) is 3.94. The summed E-state index contributed by atoms with van der Waals surface area (Å²) in [5.41, 5.74) is 0. The van der Waals surface area contributed by atoms with Gasteiger partial charge in [0.25, 0.3) is 0 Å². The summed E-state index contributed by atoms with van der Waals surface area (Å²) in [7, 11) is 0. The van der Waals surface area contributed by atoms with Crippen LogP contribution in [0.5, 0.6) is 0 Å². The van der Waals surface area contributed by atoms with Crippen molar-refractivity contribution in [2.24, 2.45) is 5.92 Å². The summed E-state index contributed by atoms with van der Waals surface area (Å²) in [6.45, 7) is 5.57. The molecule has 1 saturated heterocycles. The smallest absolute Gasteiger partial charge is 0.227 e. The minimum atomic E-state index is 0.605. The van der Waals surface area contributed by atoms with Gasteiger partial charge in [0.1, 0.15) is 0 Å². The monoisotopic (exact) mass is 236 g/mol. The van der Waals surface area contributed by atoms with Crippen molar-refractivity contribution >= 4 is 0 Å². The van der Waals surface area contributed by atoms with Crippen LogP contribution in [0.3, 0.4) is 0 Å². The molecule has 1 aliphatic heterocycles. The van der Waals surface area contributed by atoms with E-state index in [9.17, 15) is 0 Å². The van der Waals surface area contributed by atoms with Gasteiger partial charge in [-0.1, -0.05) is 5.16 Å². The molecule has 0 bridgehead atoms. The molecule has 0 radical (unpaired) electrons. The van der Waals surface area contributed by atoms with Crippen LogP contribution in [0.1, 0.15) is 25.7 Å². The zero-order valence-electron chi connectivity index (χ0n) is 10.3. The lowest BCUT2D eigenvalue weighted by Crippen LogP contribution is -2.56. The average molecular weight is 236 g/mol. The number of piperazine rings is 1. The molecule has 5 heteroatoms. The van der Waals surface area contributed by atoms with Crippen molar-refractivity contribution in [3.8, 4) is 0 Å². The van der Waals surface area contributed by atoms with Crippen LogP contribution in [-0.4, -0.2) is 46.8 Å². The van der Waals surface area contributed by atoms with Crippen molar-refractivity contribution in [1.82, 2.24) is 20.4 Å². The van der Waals surface area contributed by atoms with Crippen molar-refractivity contribution in [2.75, 3.05) is 19.6 Å². The van der Waals surface area contributed by atoms with Crippen LogP contribution in [0.25, 0.3) is 0 Å². The molecule has 2 heterocycles. The summed E-state index contributed by atoms with van der Waals surface area (Å²) in [5, 5.41) is 7.30. The van der Waals surface area contributed by atoms with Crippen molar-refractivity contribution in [3.63, 3.8) is 0 Å². The molecule has 0 aromatic carbocycles. The van der Waals surface area contributed by atoms with Crippen LogP contribution in [0.4, 0.5) is 0 Å². The number of nitrogens with zero attached hydrogens (tertiary/aromatic N) is 3. The average Bonchev–Trinajstić information content (AvgIpc) is 3.05. The first-order valence-corrected chi connectivity index (χ1v) is 6.56. The Kier molecular flexibility index (Phi) is 3.11. The number of hydrogen-bond acceptors (Lipinski definition) is 5. The van der Waals surface area contributed by atoms with Crippen LogP contribution < -0.4 is 5.32 Å². The molecule has 1 aliphatic carbocycles. The van der Waals surface area contributed by atoms with E-state index in [0.717, 1.165) is 31.3 Å². The molecule has 3 rings (SSSR count). The highest BCUT2D eigenvalue weighted by Gasteiger charge is 2.35. The second-order valence-corrected chi connectivity index (χ2v) is 5.28. The highest BCUT2D eigenvalue weighted by molar-refractivity contribution is 4.94. The topological polar surface area (TPSA) is 54.2 Å². The first-order chi connectivity index (χ1) is 8.33. The molecule has 2 fully saturated rings. The van der Waals surface area contributed by atoms with Crippen LogP contribution in [0.15, 0.2) is 10.9 Å². The van der Waals surface area contributed by atoms with Crippen LogP contribution >= 0.6 is 0 Å². The summed E-state index contributed by atoms with van der Waals surface area (Å²) < 4.78 is 5.04. The summed E-state index contributed by atoms with van der Waals surface area (Å²) in [6.07, 6.45) is 5.15. The lowest BCUT2D eigenvalue weighted by Gasteiger charge is -2.38. The molecule has 1 saturated carbocycles. The molecule has 0 spiro atoms. The second-order valence-electron chi connectivity index (χ2n) is 5.28. The summed E-state index contributed by atoms with van der Waals surface area (Å²) in [6, 6.07) is 1.31. The SMILES string of the molecule is CC1CNC(C2CC2)CN1CCc1ncno1. The summed E-state index contributed by atoms with van der Waals surface area (Å²) >= 11 is 0. The lowest BCUT2D eigenvalue weighted by atomic mass is 10.1. The van der Waals surface area contributed by atoms with Crippen LogP contribution in [0.2, 0.25) is 0 Å². The van der Waals surface area contributed by atoms with Crippen LogP contribution in [0, 0.1) is 5.92 Å². The van der Waals surface area contributed by atoms with Gasteiger partial charge in [0.05, 0.1) is 0 Å². The highest BCUT2D eigenvalue weighted by atomic mass is 16.5. The van der Waals surface area contributed by atoms with E-state index in [1.807, 2.05) is 0 Å². The van der Waals surface area contributed by atoms with Gasteiger partial charge in [0.2, 0.25) is 5.89 Å². The molecule has 0 amide bonds. The number of nitrogens with one attached hydrogen (secondary N) is 1. The minimum absolute atomic E-state index is 0.605. The lowest BCUT2D eigenvalue weighted by molar-refractivity contribution is 0.131. The van der Waals surface area contributed by atoms with Gasteiger partial charge in [-0.3, -0.25) is 4.90 Å². The number of rotatable bonds is 4. The van der Waals surface area contributed by atoms with Gasteiger partial charge in [-0.05, 0) is 25.7 Å². The predicted octanol–water partition coefficient (Wildman–Crippen LogP) is 0.684. The van der Waals surface area contributed by atoms with Gasteiger partial charge in [-0.25, -0.2) is 0 Å². The Hall–Kier alpha value is -0.940. The molecule has 1 aromatic rings. The molecular weight excluding hydrogens is 216 g/mol. The van der Waals surface area contributed by atoms with Crippen molar-refractivity contribution < 1.29 is 4.52 Å². The Bertz CT molecular complexity index is 349. The molecule has 2 atom stereocenters. The van der Waals surface area contributed by atoms with Gasteiger partial charge in [-0.15, -0.1) is 0 Å². The van der Waals surface area contributed by atoms with Gasteiger partial charge in [-0.2, -0.15) is 4.98 Å². The Morgan fingerprint density at radius 2 is 2.41 bits per heavy atom. The summed E-state index contributed by atoms with van der Waals surface area (Å²) in [4.78, 5) is 6.62. The van der Waals surface area contributed by atoms with E-state index in [0.29, 0.717) is 12.1 Å². The van der Waals surface area contributed by atoms with E-state index >= 15 is 0 Å². The van der Waals surface area contributed by atoms with E-state index in [4.69, 9.17) is 4.52 Å². The van der Waals surface area contributed by atoms with Gasteiger partial charge >= 0.3 is 0 Å². The molecular formula is C12H20N4O. The molecule has 5 nitrogen and oxygen atoms in total. The summed E-state index contributed by atoms with van der Waals surface area (Å²) in [5.74, 6) is 1.67. The van der Waals surface area contributed by atoms with Gasteiger partial charge < -0.3 is 9.84 Å². The normalized spacial score (nSPS) is 30.6. The molecule has 1 aromatic heterocycles. The standard InChI is InChI=1S/C12H20N4O/c1-9-6-13-11(10-2-3-10)7-16(9)5-4-12-14-8-15-17-12/h8-11,13H,2-7H2,1H3. The third-order valence-electron chi connectivity index (χ3n) is 3.94. The van der Waals surface area contributed by atoms with Crippen molar-refractivity contribution in [3.05, 3.63) is 12.2 Å². The second kappa shape index (κ2) is 4.74. The number of aromatic nitrogens is 2. The molecule has 1 N–H and O–H groups in total. The molecule has 2 unspecified atom stereocenters. The van der Waals surface area contributed by atoms with Gasteiger partial charge in [0.15, 0.2) is 6.33 Å². The largest absolute Gasteiger partial charge is 0.340 e. The van der Waals surface area contributed by atoms with Crippen LogP contribution in [-0.2, 0) is 6.42 Å². The Balaban J connectivity index is 1.53. The Labute approximate surface area is 102 Å².